The van der Waals surface area contributed by atoms with Crippen LogP contribution in [0.2, 0.25) is 0 Å². The van der Waals surface area contributed by atoms with Gasteiger partial charge in [0.25, 0.3) is 0 Å². The molecule has 1 fully saturated rings. The van der Waals surface area contributed by atoms with Crippen LogP contribution >= 0.6 is 0 Å². The third-order valence-corrected chi connectivity index (χ3v) is 3.54. The Morgan fingerprint density at radius 1 is 1.18 bits per heavy atom. The van der Waals surface area contributed by atoms with Crippen molar-refractivity contribution in [1.82, 2.24) is 10.6 Å². The van der Waals surface area contributed by atoms with Crippen molar-refractivity contribution in [2.75, 3.05) is 0 Å². The van der Waals surface area contributed by atoms with Gasteiger partial charge in [0.15, 0.2) is 0 Å². The first-order valence-electron chi connectivity index (χ1n) is 6.64. The summed E-state index contributed by atoms with van der Waals surface area (Å²) < 4.78 is 0. The normalized spacial score (nSPS) is 18.9. The Balaban J connectivity index is 2.34. The summed E-state index contributed by atoms with van der Waals surface area (Å²) in [5.74, 6) is 0. The molecule has 0 saturated heterocycles. The van der Waals surface area contributed by atoms with Gasteiger partial charge in [-0.3, -0.25) is 0 Å². The van der Waals surface area contributed by atoms with Gasteiger partial charge in [0.2, 0.25) is 0 Å². The highest BCUT2D eigenvalue weighted by molar-refractivity contribution is 5.75. The number of hydrogen-bond acceptors (Lipinski definition) is 1. The van der Waals surface area contributed by atoms with Gasteiger partial charge in [-0.15, -0.1) is 0 Å². The van der Waals surface area contributed by atoms with Gasteiger partial charge < -0.3 is 10.6 Å². The molecular formula is C14H26N2O. The van der Waals surface area contributed by atoms with E-state index in [4.69, 9.17) is 0 Å². The Labute approximate surface area is 105 Å². The molecule has 0 aliphatic heterocycles. The van der Waals surface area contributed by atoms with Crippen molar-refractivity contribution < 1.29 is 4.79 Å². The smallest absolute Gasteiger partial charge is 0.318 e. The number of rotatable bonds is 2. The minimum Gasteiger partial charge on any atom is -0.335 e. The van der Waals surface area contributed by atoms with Gasteiger partial charge in [0.1, 0.15) is 0 Å². The maximum atomic E-state index is 11.7. The van der Waals surface area contributed by atoms with Gasteiger partial charge in [0, 0.05) is 12.2 Å². The van der Waals surface area contributed by atoms with Crippen LogP contribution in [0.5, 0.6) is 0 Å². The van der Waals surface area contributed by atoms with Gasteiger partial charge in [-0.25, -0.2) is 4.79 Å². The number of carbonyl (C=O) groups is 1. The quantitative estimate of drug-likeness (QED) is 0.758. The molecule has 1 aliphatic rings. The van der Waals surface area contributed by atoms with Gasteiger partial charge in [-0.2, -0.15) is 0 Å². The zero-order chi connectivity index (χ0) is 12.9. The van der Waals surface area contributed by atoms with E-state index in [1.54, 1.807) is 0 Å². The molecule has 0 aromatic carbocycles. The number of carbonyl (C=O) groups excluding carboxylic acids is 1. The maximum Gasteiger partial charge on any atom is 0.318 e. The minimum atomic E-state index is -0.0690. The molecule has 3 heteroatoms. The van der Waals surface area contributed by atoms with Crippen LogP contribution in [-0.2, 0) is 0 Å². The standard InChI is InChI=1S/C14H26N2O/c1-11(14(2,3)4)10-15-13(17)16-12-8-6-5-7-9-12/h10,12H,5-9H2,1-4H3,(H2,15,16,17)/b11-10+. The lowest BCUT2D eigenvalue weighted by Gasteiger charge is -2.23. The Kier molecular flexibility index (Phi) is 5.03. The summed E-state index contributed by atoms with van der Waals surface area (Å²) in [5.41, 5.74) is 1.29. The van der Waals surface area contributed by atoms with E-state index >= 15 is 0 Å². The van der Waals surface area contributed by atoms with Gasteiger partial charge in [-0.05, 0) is 25.2 Å². The molecular weight excluding hydrogens is 212 g/mol. The van der Waals surface area contributed by atoms with Crippen LogP contribution in [-0.4, -0.2) is 12.1 Å². The Bertz CT molecular complexity index is 283. The molecule has 1 rings (SSSR count). The second-order valence-electron chi connectivity index (χ2n) is 6.03. The third-order valence-electron chi connectivity index (χ3n) is 3.54. The van der Waals surface area contributed by atoms with Crippen molar-refractivity contribution in [2.45, 2.75) is 65.8 Å². The van der Waals surface area contributed by atoms with E-state index in [0.29, 0.717) is 6.04 Å². The first-order chi connectivity index (χ1) is 7.89. The SMILES string of the molecule is C/C(=C\NC(=O)NC1CCCCC1)C(C)(C)C. The number of urea groups is 1. The van der Waals surface area contributed by atoms with Crippen molar-refractivity contribution in [2.24, 2.45) is 5.41 Å². The number of amides is 2. The zero-order valence-electron chi connectivity index (χ0n) is 11.6. The number of hydrogen-bond donors (Lipinski definition) is 2. The summed E-state index contributed by atoms with van der Waals surface area (Å²) in [5, 5.41) is 5.86. The molecule has 98 valence electrons. The molecule has 2 amide bonds. The zero-order valence-corrected chi connectivity index (χ0v) is 11.6. The van der Waals surface area contributed by atoms with E-state index in [0.717, 1.165) is 12.8 Å². The highest BCUT2D eigenvalue weighted by atomic mass is 16.2. The molecule has 0 unspecified atom stereocenters. The average molecular weight is 238 g/mol. The van der Waals surface area contributed by atoms with Crippen LogP contribution in [0.3, 0.4) is 0 Å². The molecule has 0 bridgehead atoms. The topological polar surface area (TPSA) is 41.1 Å². The third kappa shape index (κ3) is 5.24. The van der Waals surface area contributed by atoms with E-state index in [9.17, 15) is 4.79 Å². The highest BCUT2D eigenvalue weighted by Gasteiger charge is 2.16. The summed E-state index contributed by atoms with van der Waals surface area (Å²) in [6.45, 7) is 8.46. The molecule has 0 heterocycles. The average Bonchev–Trinajstić information content (AvgIpc) is 2.26. The predicted octanol–water partition coefficient (Wildman–Crippen LogP) is 3.57. The Morgan fingerprint density at radius 3 is 2.29 bits per heavy atom. The van der Waals surface area contributed by atoms with Crippen LogP contribution in [0.4, 0.5) is 4.79 Å². The van der Waals surface area contributed by atoms with E-state index in [2.05, 4.69) is 31.4 Å². The summed E-state index contributed by atoms with van der Waals surface area (Å²) in [4.78, 5) is 11.7. The summed E-state index contributed by atoms with van der Waals surface area (Å²) in [7, 11) is 0. The fraction of sp³-hybridized carbons (Fsp3) is 0.786. The number of allylic oxidation sites excluding steroid dienone is 1. The lowest BCUT2D eigenvalue weighted by Crippen LogP contribution is -2.41. The molecule has 0 radical (unpaired) electrons. The number of nitrogens with one attached hydrogen (secondary N) is 2. The van der Waals surface area contributed by atoms with E-state index in [1.807, 2.05) is 13.1 Å². The minimum absolute atomic E-state index is 0.0690. The van der Waals surface area contributed by atoms with Crippen LogP contribution in [0.15, 0.2) is 11.8 Å². The van der Waals surface area contributed by atoms with Crippen LogP contribution < -0.4 is 10.6 Å². The van der Waals surface area contributed by atoms with E-state index < -0.39 is 0 Å². The molecule has 1 saturated carbocycles. The Hall–Kier alpha value is -0.990. The molecule has 2 N–H and O–H groups in total. The van der Waals surface area contributed by atoms with E-state index in [1.165, 1.54) is 24.8 Å². The summed E-state index contributed by atoms with van der Waals surface area (Å²) in [6, 6.07) is 0.299. The van der Waals surface area contributed by atoms with Gasteiger partial charge >= 0.3 is 6.03 Å². The first-order valence-corrected chi connectivity index (χ1v) is 6.64. The molecule has 0 atom stereocenters. The molecule has 0 spiro atoms. The summed E-state index contributed by atoms with van der Waals surface area (Å²) >= 11 is 0. The molecule has 17 heavy (non-hydrogen) atoms. The lowest BCUT2D eigenvalue weighted by molar-refractivity contribution is 0.236. The monoisotopic (exact) mass is 238 g/mol. The second kappa shape index (κ2) is 6.08. The fourth-order valence-electron chi connectivity index (χ4n) is 1.86. The largest absolute Gasteiger partial charge is 0.335 e. The van der Waals surface area contributed by atoms with Crippen molar-refractivity contribution in [1.29, 1.82) is 0 Å². The van der Waals surface area contributed by atoms with Crippen LogP contribution in [0.25, 0.3) is 0 Å². The van der Waals surface area contributed by atoms with Crippen molar-refractivity contribution in [3.05, 3.63) is 11.8 Å². The van der Waals surface area contributed by atoms with Crippen molar-refractivity contribution >= 4 is 6.03 Å². The van der Waals surface area contributed by atoms with Crippen molar-refractivity contribution in [3.8, 4) is 0 Å². The lowest BCUT2D eigenvalue weighted by atomic mass is 9.88. The molecule has 0 aromatic rings. The van der Waals surface area contributed by atoms with Crippen LogP contribution in [0.1, 0.15) is 59.8 Å². The first kappa shape index (κ1) is 14.1. The van der Waals surface area contributed by atoms with Crippen molar-refractivity contribution in [3.63, 3.8) is 0 Å². The second-order valence-corrected chi connectivity index (χ2v) is 6.03. The summed E-state index contributed by atoms with van der Waals surface area (Å²) in [6.07, 6.45) is 7.84. The predicted molar refractivity (Wildman–Crippen MR) is 71.8 cm³/mol. The molecule has 3 nitrogen and oxygen atoms in total. The highest BCUT2D eigenvalue weighted by Crippen LogP contribution is 2.23. The maximum absolute atomic E-state index is 11.7. The van der Waals surface area contributed by atoms with Gasteiger partial charge in [-0.1, -0.05) is 45.6 Å². The van der Waals surface area contributed by atoms with E-state index in [-0.39, 0.29) is 11.4 Å². The van der Waals surface area contributed by atoms with Gasteiger partial charge in [0.05, 0.1) is 0 Å². The molecule has 1 aliphatic carbocycles. The molecule has 0 aromatic heterocycles. The fourth-order valence-corrected chi connectivity index (χ4v) is 1.86. The van der Waals surface area contributed by atoms with Crippen LogP contribution in [0, 0.1) is 5.41 Å². The Morgan fingerprint density at radius 2 is 1.76 bits per heavy atom.